The quantitative estimate of drug-likeness (QED) is 0.688. The fraction of sp³-hybridized carbons (Fsp3) is 0.889. The van der Waals surface area contributed by atoms with E-state index in [4.69, 9.17) is 4.74 Å². The zero-order chi connectivity index (χ0) is 10.4. The Labute approximate surface area is 88.7 Å². The third kappa shape index (κ3) is 3.48. The molecule has 1 fully saturated rings. The number of ether oxygens (including phenoxy) is 2. The third-order valence-corrected chi connectivity index (χ3v) is 3.61. The Kier molecular flexibility index (Phi) is 5.29. The highest BCUT2D eigenvalue weighted by Gasteiger charge is 2.25. The number of thioether (sulfide) groups is 1. The largest absolute Gasteiger partial charge is 0.468 e. The van der Waals surface area contributed by atoms with Crippen molar-refractivity contribution in [2.75, 3.05) is 33.1 Å². The van der Waals surface area contributed by atoms with Crippen molar-refractivity contribution in [2.45, 2.75) is 17.7 Å². The van der Waals surface area contributed by atoms with Gasteiger partial charge in [0.1, 0.15) is 0 Å². The smallest absolute Gasteiger partial charge is 0.315 e. The molecule has 0 saturated carbocycles. The molecular formula is C9H17NO3S. The maximum atomic E-state index is 10.9. The van der Waals surface area contributed by atoms with Crippen LogP contribution < -0.4 is 5.32 Å². The average Bonchev–Trinajstić information content (AvgIpc) is 2.26. The minimum absolute atomic E-state index is 0.171. The van der Waals surface area contributed by atoms with Crippen molar-refractivity contribution < 1.29 is 14.3 Å². The molecule has 0 amide bonds. The van der Waals surface area contributed by atoms with E-state index in [1.165, 1.54) is 7.11 Å². The maximum absolute atomic E-state index is 10.9. The molecular weight excluding hydrogens is 202 g/mol. The Morgan fingerprint density at radius 3 is 3.14 bits per heavy atom. The van der Waals surface area contributed by atoms with Crippen LogP contribution in [0.3, 0.4) is 0 Å². The summed E-state index contributed by atoms with van der Waals surface area (Å²) >= 11 is 1.60. The van der Waals surface area contributed by atoms with Crippen molar-refractivity contribution in [3.05, 3.63) is 0 Å². The molecule has 1 saturated heterocycles. The van der Waals surface area contributed by atoms with Gasteiger partial charge in [-0.3, -0.25) is 4.79 Å². The summed E-state index contributed by atoms with van der Waals surface area (Å²) < 4.78 is 9.96. The van der Waals surface area contributed by atoms with Crippen molar-refractivity contribution in [3.63, 3.8) is 0 Å². The first-order valence-corrected chi connectivity index (χ1v) is 5.76. The molecule has 0 radical (unpaired) electrons. The van der Waals surface area contributed by atoms with E-state index in [0.717, 1.165) is 13.0 Å². The highest BCUT2D eigenvalue weighted by atomic mass is 32.2. The van der Waals surface area contributed by atoms with E-state index in [1.807, 2.05) is 7.05 Å². The average molecular weight is 219 g/mol. The molecule has 1 heterocycles. The van der Waals surface area contributed by atoms with Gasteiger partial charge in [0.15, 0.2) is 0 Å². The lowest BCUT2D eigenvalue weighted by Gasteiger charge is -2.30. The van der Waals surface area contributed by atoms with Crippen LogP contribution in [0.4, 0.5) is 0 Å². The first-order chi connectivity index (χ1) is 6.77. The molecule has 0 aromatic carbocycles. The van der Waals surface area contributed by atoms with E-state index < -0.39 is 0 Å². The summed E-state index contributed by atoms with van der Waals surface area (Å²) in [7, 11) is 3.36. The molecule has 0 aromatic heterocycles. The first-order valence-electron chi connectivity index (χ1n) is 4.71. The number of rotatable bonds is 4. The van der Waals surface area contributed by atoms with Crippen LogP contribution in [0.2, 0.25) is 0 Å². The molecule has 1 rings (SSSR count). The SMILES string of the molecule is CNC1CCOCC1SCC(=O)OC. The van der Waals surface area contributed by atoms with E-state index >= 15 is 0 Å². The Morgan fingerprint density at radius 1 is 1.71 bits per heavy atom. The second-order valence-electron chi connectivity index (χ2n) is 3.18. The summed E-state index contributed by atoms with van der Waals surface area (Å²) in [5.74, 6) is 0.235. The van der Waals surface area contributed by atoms with Crippen LogP contribution in [0.1, 0.15) is 6.42 Å². The lowest BCUT2D eigenvalue weighted by Crippen LogP contribution is -2.43. The highest BCUT2D eigenvalue weighted by Crippen LogP contribution is 2.21. The molecule has 14 heavy (non-hydrogen) atoms. The van der Waals surface area contributed by atoms with Crippen molar-refractivity contribution in [2.24, 2.45) is 0 Å². The Hall–Kier alpha value is -0.260. The summed E-state index contributed by atoms with van der Waals surface area (Å²) in [5, 5.41) is 3.60. The zero-order valence-electron chi connectivity index (χ0n) is 8.62. The van der Waals surface area contributed by atoms with Gasteiger partial charge in [0.2, 0.25) is 0 Å². The van der Waals surface area contributed by atoms with Crippen LogP contribution >= 0.6 is 11.8 Å². The van der Waals surface area contributed by atoms with E-state index in [1.54, 1.807) is 11.8 Å². The Bertz CT molecular complexity index is 189. The molecule has 0 spiro atoms. The minimum Gasteiger partial charge on any atom is -0.468 e. The zero-order valence-corrected chi connectivity index (χ0v) is 9.43. The molecule has 2 atom stereocenters. The summed E-state index contributed by atoms with van der Waals surface area (Å²) in [4.78, 5) is 10.9. The van der Waals surface area contributed by atoms with Gasteiger partial charge in [-0.1, -0.05) is 0 Å². The molecule has 0 bridgehead atoms. The fourth-order valence-electron chi connectivity index (χ4n) is 1.44. The van der Waals surface area contributed by atoms with Crippen molar-refractivity contribution in [1.29, 1.82) is 0 Å². The van der Waals surface area contributed by atoms with Crippen molar-refractivity contribution >= 4 is 17.7 Å². The molecule has 1 N–H and O–H groups in total. The van der Waals surface area contributed by atoms with Gasteiger partial charge in [-0.25, -0.2) is 0 Å². The molecule has 0 aromatic rings. The van der Waals surface area contributed by atoms with Crippen LogP contribution in [-0.4, -0.2) is 50.4 Å². The maximum Gasteiger partial charge on any atom is 0.315 e. The van der Waals surface area contributed by atoms with E-state index in [2.05, 4.69) is 10.1 Å². The van der Waals surface area contributed by atoms with Crippen LogP contribution in [-0.2, 0) is 14.3 Å². The highest BCUT2D eigenvalue weighted by molar-refractivity contribution is 8.00. The number of carbonyl (C=O) groups is 1. The summed E-state index contributed by atoms with van der Waals surface area (Å²) in [6.45, 7) is 1.52. The first kappa shape index (κ1) is 11.8. The lowest BCUT2D eigenvalue weighted by atomic mass is 10.1. The number of esters is 1. The molecule has 4 nitrogen and oxygen atoms in total. The summed E-state index contributed by atoms with van der Waals surface area (Å²) in [6, 6.07) is 0.443. The van der Waals surface area contributed by atoms with Crippen LogP contribution in [0, 0.1) is 0 Å². The van der Waals surface area contributed by atoms with Crippen LogP contribution in [0.15, 0.2) is 0 Å². The van der Waals surface area contributed by atoms with Gasteiger partial charge in [0.05, 0.1) is 19.5 Å². The third-order valence-electron chi connectivity index (χ3n) is 2.32. The fourth-order valence-corrected chi connectivity index (χ4v) is 2.61. The van der Waals surface area contributed by atoms with Gasteiger partial charge in [0.25, 0.3) is 0 Å². The molecule has 1 aliphatic rings. The summed E-state index contributed by atoms with van der Waals surface area (Å²) in [5.41, 5.74) is 0. The van der Waals surface area contributed by atoms with Gasteiger partial charge in [-0.15, -0.1) is 11.8 Å². The van der Waals surface area contributed by atoms with E-state index in [9.17, 15) is 4.79 Å². The van der Waals surface area contributed by atoms with Gasteiger partial charge in [0, 0.05) is 17.9 Å². The molecule has 5 heteroatoms. The number of hydrogen-bond donors (Lipinski definition) is 1. The van der Waals surface area contributed by atoms with E-state index in [0.29, 0.717) is 23.7 Å². The van der Waals surface area contributed by atoms with E-state index in [-0.39, 0.29) is 5.97 Å². The predicted octanol–water partition coefficient (Wildman–Crippen LogP) is 0.269. The van der Waals surface area contributed by atoms with Crippen molar-refractivity contribution in [3.8, 4) is 0 Å². The van der Waals surface area contributed by atoms with Gasteiger partial charge >= 0.3 is 5.97 Å². The number of nitrogens with one attached hydrogen (secondary N) is 1. The molecule has 1 aliphatic heterocycles. The molecule has 2 unspecified atom stereocenters. The Balaban J connectivity index is 2.29. The monoisotopic (exact) mass is 219 g/mol. The van der Waals surface area contributed by atoms with Gasteiger partial charge in [-0.05, 0) is 13.5 Å². The topological polar surface area (TPSA) is 47.6 Å². The van der Waals surface area contributed by atoms with Gasteiger partial charge < -0.3 is 14.8 Å². The van der Waals surface area contributed by atoms with Crippen molar-refractivity contribution in [1.82, 2.24) is 5.32 Å². The van der Waals surface area contributed by atoms with Crippen LogP contribution in [0.5, 0.6) is 0 Å². The second-order valence-corrected chi connectivity index (χ2v) is 4.41. The predicted molar refractivity (Wildman–Crippen MR) is 56.5 cm³/mol. The standard InChI is InChI=1S/C9H17NO3S/c1-10-7-3-4-13-5-8(7)14-6-9(11)12-2/h7-8,10H,3-6H2,1-2H3. The second kappa shape index (κ2) is 6.27. The molecule has 0 aliphatic carbocycles. The van der Waals surface area contributed by atoms with Crippen LogP contribution in [0.25, 0.3) is 0 Å². The summed E-state index contributed by atoms with van der Waals surface area (Å²) in [6.07, 6.45) is 1.01. The normalized spacial score (nSPS) is 27.3. The number of hydrogen-bond acceptors (Lipinski definition) is 5. The number of methoxy groups -OCH3 is 1. The minimum atomic E-state index is -0.171. The lowest BCUT2D eigenvalue weighted by molar-refractivity contribution is -0.137. The van der Waals surface area contributed by atoms with Gasteiger partial charge in [-0.2, -0.15) is 0 Å². The number of carbonyl (C=O) groups excluding carboxylic acids is 1. The Morgan fingerprint density at radius 2 is 2.50 bits per heavy atom. The molecule has 82 valence electrons.